The molecule has 1 aromatic heterocycles. The molecule has 0 radical (unpaired) electrons. The molecule has 0 spiro atoms. The summed E-state index contributed by atoms with van der Waals surface area (Å²) in [7, 11) is 0. The van der Waals surface area contributed by atoms with Crippen LogP contribution in [0.3, 0.4) is 0 Å². The monoisotopic (exact) mass is 335 g/mol. The molecule has 2 heterocycles. The first kappa shape index (κ1) is 16.2. The number of aromatic nitrogens is 1. The van der Waals surface area contributed by atoms with Crippen molar-refractivity contribution in [1.82, 2.24) is 4.98 Å². The molecular formula is C16H21N3O3S. The Morgan fingerprint density at radius 2 is 2.00 bits per heavy atom. The van der Waals surface area contributed by atoms with Gasteiger partial charge in [0.25, 0.3) is 0 Å². The topological polar surface area (TPSA) is 77.9 Å². The molecule has 124 valence electrons. The average Bonchev–Trinajstić information content (AvgIpc) is 3.11. The molecule has 0 aliphatic carbocycles. The highest BCUT2D eigenvalue weighted by molar-refractivity contribution is 7.14. The number of thiazole rings is 1. The SMILES string of the molecule is OCC(O)CNc1ccc(-c2csc(N3CCOCC3)n2)cc1. The molecule has 1 fully saturated rings. The Labute approximate surface area is 139 Å². The van der Waals surface area contributed by atoms with Crippen molar-refractivity contribution in [3.63, 3.8) is 0 Å². The molecule has 1 aliphatic rings. The molecule has 23 heavy (non-hydrogen) atoms. The maximum atomic E-state index is 9.34. The van der Waals surface area contributed by atoms with Gasteiger partial charge in [0.05, 0.1) is 31.6 Å². The van der Waals surface area contributed by atoms with Crippen molar-refractivity contribution in [2.75, 3.05) is 49.7 Å². The lowest BCUT2D eigenvalue weighted by Crippen LogP contribution is -2.36. The summed E-state index contributed by atoms with van der Waals surface area (Å²) < 4.78 is 5.37. The Kier molecular flexibility index (Phi) is 5.45. The lowest BCUT2D eigenvalue weighted by molar-refractivity contribution is 0.105. The molecule has 2 aromatic rings. The summed E-state index contributed by atoms with van der Waals surface area (Å²) in [5.74, 6) is 0. The lowest BCUT2D eigenvalue weighted by atomic mass is 10.1. The highest BCUT2D eigenvalue weighted by Crippen LogP contribution is 2.28. The average molecular weight is 335 g/mol. The van der Waals surface area contributed by atoms with Gasteiger partial charge in [-0.1, -0.05) is 12.1 Å². The van der Waals surface area contributed by atoms with Gasteiger partial charge in [-0.15, -0.1) is 11.3 Å². The zero-order chi connectivity index (χ0) is 16.1. The largest absolute Gasteiger partial charge is 0.394 e. The van der Waals surface area contributed by atoms with E-state index in [-0.39, 0.29) is 6.61 Å². The highest BCUT2D eigenvalue weighted by atomic mass is 32.1. The summed E-state index contributed by atoms with van der Waals surface area (Å²) in [5, 5.41) is 24.3. The van der Waals surface area contributed by atoms with Crippen LogP contribution in [0.25, 0.3) is 11.3 Å². The van der Waals surface area contributed by atoms with Gasteiger partial charge in [0.2, 0.25) is 0 Å². The number of morpholine rings is 1. The number of aliphatic hydroxyl groups excluding tert-OH is 2. The minimum Gasteiger partial charge on any atom is -0.394 e. The second-order valence-electron chi connectivity index (χ2n) is 5.41. The predicted octanol–water partition coefficient (Wildman–Crippen LogP) is 1.41. The van der Waals surface area contributed by atoms with Gasteiger partial charge in [-0.2, -0.15) is 0 Å². The molecule has 7 heteroatoms. The second-order valence-corrected chi connectivity index (χ2v) is 6.25. The number of hydrogen-bond acceptors (Lipinski definition) is 7. The maximum Gasteiger partial charge on any atom is 0.186 e. The minimum atomic E-state index is -0.746. The van der Waals surface area contributed by atoms with E-state index in [2.05, 4.69) is 15.6 Å². The molecule has 1 aromatic carbocycles. The van der Waals surface area contributed by atoms with E-state index in [1.165, 1.54) is 0 Å². The number of aliphatic hydroxyl groups is 2. The van der Waals surface area contributed by atoms with E-state index in [4.69, 9.17) is 14.8 Å². The van der Waals surface area contributed by atoms with Gasteiger partial charge in [-0.05, 0) is 12.1 Å². The number of benzene rings is 1. The molecule has 3 N–H and O–H groups in total. The van der Waals surface area contributed by atoms with Crippen molar-refractivity contribution in [2.24, 2.45) is 0 Å². The van der Waals surface area contributed by atoms with Crippen LogP contribution in [0.1, 0.15) is 0 Å². The molecule has 0 saturated carbocycles. The van der Waals surface area contributed by atoms with E-state index in [1.807, 2.05) is 24.3 Å². The van der Waals surface area contributed by atoms with Crippen molar-refractivity contribution >= 4 is 22.2 Å². The summed E-state index contributed by atoms with van der Waals surface area (Å²) in [4.78, 5) is 6.97. The van der Waals surface area contributed by atoms with E-state index in [1.54, 1.807) is 11.3 Å². The summed E-state index contributed by atoms with van der Waals surface area (Å²) in [6.07, 6.45) is -0.746. The summed E-state index contributed by atoms with van der Waals surface area (Å²) in [6, 6.07) is 7.91. The van der Waals surface area contributed by atoms with Gasteiger partial charge in [0.15, 0.2) is 5.13 Å². The standard InChI is InChI=1S/C16H21N3O3S/c20-10-14(21)9-17-13-3-1-12(2-4-13)15-11-23-16(18-15)19-5-7-22-8-6-19/h1-4,11,14,17,20-21H,5-10H2. The fourth-order valence-corrected chi connectivity index (χ4v) is 3.24. The second kappa shape index (κ2) is 7.74. The predicted molar refractivity (Wildman–Crippen MR) is 92.2 cm³/mol. The van der Waals surface area contributed by atoms with E-state index in [9.17, 15) is 5.11 Å². The number of nitrogens with zero attached hydrogens (tertiary/aromatic N) is 2. The van der Waals surface area contributed by atoms with Gasteiger partial charge >= 0.3 is 0 Å². The molecule has 0 amide bonds. The summed E-state index contributed by atoms with van der Waals surface area (Å²) in [5.41, 5.74) is 2.94. The van der Waals surface area contributed by atoms with Crippen LogP contribution < -0.4 is 10.2 Å². The molecule has 0 bridgehead atoms. The molecule has 1 unspecified atom stereocenters. The summed E-state index contributed by atoms with van der Waals surface area (Å²) in [6.45, 7) is 3.39. The van der Waals surface area contributed by atoms with Crippen LogP contribution in [0.15, 0.2) is 29.6 Å². The van der Waals surface area contributed by atoms with Crippen LogP contribution in [0.2, 0.25) is 0 Å². The smallest absolute Gasteiger partial charge is 0.186 e. The first-order valence-corrected chi connectivity index (χ1v) is 8.55. The van der Waals surface area contributed by atoms with Crippen molar-refractivity contribution in [1.29, 1.82) is 0 Å². The fraction of sp³-hybridized carbons (Fsp3) is 0.438. The summed E-state index contributed by atoms with van der Waals surface area (Å²) >= 11 is 1.66. The van der Waals surface area contributed by atoms with Crippen LogP contribution in [0.4, 0.5) is 10.8 Å². The molecule has 1 aliphatic heterocycles. The zero-order valence-corrected chi connectivity index (χ0v) is 13.6. The Morgan fingerprint density at radius 3 is 2.70 bits per heavy atom. The third-order valence-electron chi connectivity index (χ3n) is 3.71. The van der Waals surface area contributed by atoms with Crippen LogP contribution in [-0.4, -0.2) is 60.8 Å². The van der Waals surface area contributed by atoms with Crippen LogP contribution >= 0.6 is 11.3 Å². The first-order valence-electron chi connectivity index (χ1n) is 7.67. The van der Waals surface area contributed by atoms with Crippen molar-refractivity contribution in [3.05, 3.63) is 29.6 Å². The molecule has 6 nitrogen and oxygen atoms in total. The van der Waals surface area contributed by atoms with Crippen LogP contribution in [0.5, 0.6) is 0 Å². The maximum absolute atomic E-state index is 9.34. The Balaban J connectivity index is 1.64. The third-order valence-corrected chi connectivity index (χ3v) is 4.61. The Hall–Kier alpha value is -1.67. The van der Waals surface area contributed by atoms with Gasteiger partial charge in [0, 0.05) is 36.3 Å². The number of nitrogens with one attached hydrogen (secondary N) is 1. The van der Waals surface area contributed by atoms with Crippen molar-refractivity contribution in [3.8, 4) is 11.3 Å². The van der Waals surface area contributed by atoms with E-state index in [0.29, 0.717) is 6.54 Å². The van der Waals surface area contributed by atoms with Crippen molar-refractivity contribution < 1.29 is 14.9 Å². The Morgan fingerprint density at radius 1 is 1.26 bits per heavy atom. The quantitative estimate of drug-likeness (QED) is 0.741. The van der Waals surface area contributed by atoms with E-state index < -0.39 is 6.10 Å². The normalized spacial score (nSPS) is 16.3. The van der Waals surface area contributed by atoms with Gasteiger partial charge in [-0.3, -0.25) is 0 Å². The minimum absolute atomic E-state index is 0.242. The first-order chi connectivity index (χ1) is 11.3. The number of ether oxygens (including phenoxy) is 1. The van der Waals surface area contributed by atoms with Crippen LogP contribution in [-0.2, 0) is 4.74 Å². The van der Waals surface area contributed by atoms with E-state index >= 15 is 0 Å². The van der Waals surface area contributed by atoms with Gasteiger partial charge in [0.1, 0.15) is 0 Å². The van der Waals surface area contributed by atoms with Crippen LogP contribution in [0, 0.1) is 0 Å². The Bertz CT molecular complexity index is 611. The number of anilines is 2. The third kappa shape index (κ3) is 4.20. The molecule has 1 saturated heterocycles. The van der Waals surface area contributed by atoms with Gasteiger partial charge in [-0.25, -0.2) is 4.98 Å². The van der Waals surface area contributed by atoms with Gasteiger partial charge < -0.3 is 25.2 Å². The number of rotatable bonds is 6. The molecule has 3 rings (SSSR count). The highest BCUT2D eigenvalue weighted by Gasteiger charge is 2.15. The molecule has 1 atom stereocenters. The van der Waals surface area contributed by atoms with Crippen molar-refractivity contribution in [2.45, 2.75) is 6.10 Å². The lowest BCUT2D eigenvalue weighted by Gasteiger charge is -2.26. The zero-order valence-electron chi connectivity index (χ0n) is 12.8. The fourth-order valence-electron chi connectivity index (χ4n) is 2.36. The molecular weight excluding hydrogens is 314 g/mol. The number of hydrogen-bond donors (Lipinski definition) is 3. The van der Waals surface area contributed by atoms with E-state index in [0.717, 1.165) is 48.4 Å².